The first-order valence-electron chi connectivity index (χ1n) is 7.91. The quantitative estimate of drug-likeness (QED) is 0.527. The van der Waals surface area contributed by atoms with Gasteiger partial charge in [-0.15, -0.1) is 0 Å². The molecule has 0 unspecified atom stereocenters. The SMILES string of the molecule is Cc1cc(NC(=O)NCc2ccc3nonc3c2)c2cc(Br)ccc2n1. The number of fused-ring (bicyclic) bond motifs is 2. The molecule has 0 bridgehead atoms. The van der Waals surface area contributed by atoms with E-state index in [1.54, 1.807) is 6.07 Å². The molecule has 2 heterocycles. The molecular weight excluding hydrogens is 398 g/mol. The topological polar surface area (TPSA) is 92.9 Å². The number of anilines is 1. The zero-order valence-corrected chi connectivity index (χ0v) is 15.4. The lowest BCUT2D eigenvalue weighted by Gasteiger charge is -2.11. The van der Waals surface area contributed by atoms with E-state index in [0.29, 0.717) is 23.3 Å². The van der Waals surface area contributed by atoms with Crippen LogP contribution in [0.5, 0.6) is 0 Å². The predicted molar refractivity (Wildman–Crippen MR) is 102 cm³/mol. The van der Waals surface area contributed by atoms with Crippen LogP contribution in [0.25, 0.3) is 21.9 Å². The zero-order valence-electron chi connectivity index (χ0n) is 13.8. The van der Waals surface area contributed by atoms with Gasteiger partial charge in [-0.05, 0) is 59.2 Å². The minimum Gasteiger partial charge on any atom is -0.334 e. The van der Waals surface area contributed by atoms with Crippen molar-refractivity contribution in [3.05, 3.63) is 58.2 Å². The van der Waals surface area contributed by atoms with Crippen molar-refractivity contribution in [2.45, 2.75) is 13.5 Å². The molecule has 0 radical (unpaired) electrons. The van der Waals surface area contributed by atoms with Gasteiger partial charge in [-0.1, -0.05) is 22.0 Å². The summed E-state index contributed by atoms with van der Waals surface area (Å²) in [5.74, 6) is 0. The van der Waals surface area contributed by atoms with Crippen LogP contribution in [0, 0.1) is 6.92 Å². The van der Waals surface area contributed by atoms with E-state index in [1.807, 2.05) is 43.3 Å². The van der Waals surface area contributed by atoms with Crippen LogP contribution in [0.4, 0.5) is 10.5 Å². The number of aryl methyl sites for hydroxylation is 1. The fourth-order valence-electron chi connectivity index (χ4n) is 2.72. The van der Waals surface area contributed by atoms with Gasteiger partial charge in [0.25, 0.3) is 0 Å². The highest BCUT2D eigenvalue weighted by Gasteiger charge is 2.09. The number of aromatic nitrogens is 3. The number of amides is 2. The van der Waals surface area contributed by atoms with Crippen LogP contribution in [-0.4, -0.2) is 21.3 Å². The third-order valence-electron chi connectivity index (χ3n) is 3.92. The maximum atomic E-state index is 12.3. The Bertz CT molecular complexity index is 1130. The molecule has 0 aliphatic rings. The number of halogens is 1. The van der Waals surface area contributed by atoms with Gasteiger partial charge < -0.3 is 10.6 Å². The summed E-state index contributed by atoms with van der Waals surface area (Å²) >= 11 is 3.45. The maximum Gasteiger partial charge on any atom is 0.319 e. The number of carbonyl (C=O) groups is 1. The average molecular weight is 412 g/mol. The summed E-state index contributed by atoms with van der Waals surface area (Å²) in [6.45, 7) is 2.26. The minimum absolute atomic E-state index is 0.296. The highest BCUT2D eigenvalue weighted by Crippen LogP contribution is 2.26. The number of rotatable bonds is 3. The summed E-state index contributed by atoms with van der Waals surface area (Å²) in [6, 6.07) is 12.8. The summed E-state index contributed by atoms with van der Waals surface area (Å²) < 4.78 is 5.60. The van der Waals surface area contributed by atoms with E-state index < -0.39 is 0 Å². The van der Waals surface area contributed by atoms with Crippen molar-refractivity contribution in [1.29, 1.82) is 0 Å². The molecular formula is C18H14BrN5O2. The molecule has 2 aromatic carbocycles. The molecule has 2 amide bonds. The Balaban J connectivity index is 1.51. The van der Waals surface area contributed by atoms with Gasteiger partial charge in [0.1, 0.15) is 11.0 Å². The molecule has 2 aromatic heterocycles. The van der Waals surface area contributed by atoms with Crippen molar-refractivity contribution in [3.63, 3.8) is 0 Å². The van der Waals surface area contributed by atoms with Gasteiger partial charge in [0.2, 0.25) is 0 Å². The van der Waals surface area contributed by atoms with Crippen LogP contribution in [0.1, 0.15) is 11.3 Å². The molecule has 0 fully saturated rings. The van der Waals surface area contributed by atoms with Crippen molar-refractivity contribution in [1.82, 2.24) is 20.6 Å². The molecule has 26 heavy (non-hydrogen) atoms. The van der Waals surface area contributed by atoms with Crippen LogP contribution >= 0.6 is 15.9 Å². The Labute approximate surface area is 156 Å². The maximum absolute atomic E-state index is 12.3. The van der Waals surface area contributed by atoms with Gasteiger partial charge in [-0.25, -0.2) is 9.42 Å². The number of nitrogens with one attached hydrogen (secondary N) is 2. The summed E-state index contributed by atoms with van der Waals surface area (Å²) in [4.78, 5) is 16.8. The lowest BCUT2D eigenvalue weighted by Crippen LogP contribution is -2.28. The smallest absolute Gasteiger partial charge is 0.319 e. The first kappa shape index (κ1) is 16.5. The Morgan fingerprint density at radius 2 is 1.88 bits per heavy atom. The molecule has 8 heteroatoms. The number of hydrogen-bond donors (Lipinski definition) is 2. The van der Waals surface area contributed by atoms with E-state index in [4.69, 9.17) is 0 Å². The summed E-state index contributed by atoms with van der Waals surface area (Å²) in [7, 11) is 0. The van der Waals surface area contributed by atoms with Crippen LogP contribution in [0.15, 0.2) is 51.6 Å². The van der Waals surface area contributed by atoms with Gasteiger partial charge in [0.05, 0.1) is 11.2 Å². The Hall–Kier alpha value is -3.00. The van der Waals surface area contributed by atoms with Crippen molar-refractivity contribution in [2.24, 2.45) is 0 Å². The fourth-order valence-corrected chi connectivity index (χ4v) is 3.08. The molecule has 7 nitrogen and oxygen atoms in total. The van der Waals surface area contributed by atoms with Crippen molar-refractivity contribution in [2.75, 3.05) is 5.32 Å². The molecule has 0 aliphatic carbocycles. The van der Waals surface area contributed by atoms with Crippen molar-refractivity contribution >= 4 is 49.6 Å². The van der Waals surface area contributed by atoms with Crippen LogP contribution in [0.2, 0.25) is 0 Å². The first-order valence-corrected chi connectivity index (χ1v) is 8.71. The molecule has 4 rings (SSSR count). The second-order valence-corrected chi connectivity index (χ2v) is 6.78. The van der Waals surface area contributed by atoms with Gasteiger partial charge in [0.15, 0.2) is 0 Å². The monoisotopic (exact) mass is 411 g/mol. The summed E-state index contributed by atoms with van der Waals surface area (Å²) in [5, 5.41) is 14.2. The second kappa shape index (κ2) is 6.72. The zero-order chi connectivity index (χ0) is 18.1. The third-order valence-corrected chi connectivity index (χ3v) is 4.41. The Morgan fingerprint density at radius 1 is 1.08 bits per heavy atom. The van der Waals surface area contributed by atoms with E-state index in [2.05, 4.69) is 46.5 Å². The number of urea groups is 1. The fraction of sp³-hybridized carbons (Fsp3) is 0.111. The molecule has 130 valence electrons. The van der Waals surface area contributed by atoms with Crippen LogP contribution in [-0.2, 0) is 6.54 Å². The number of benzene rings is 2. The average Bonchev–Trinajstić information content (AvgIpc) is 3.08. The van der Waals surface area contributed by atoms with Crippen molar-refractivity contribution in [3.8, 4) is 0 Å². The number of nitrogens with zero attached hydrogens (tertiary/aromatic N) is 3. The lowest BCUT2D eigenvalue weighted by atomic mass is 10.1. The molecule has 0 aliphatic heterocycles. The number of pyridine rings is 1. The summed E-state index contributed by atoms with van der Waals surface area (Å²) in [5.41, 5.74) is 4.61. The normalized spacial score (nSPS) is 11.0. The molecule has 0 spiro atoms. The minimum atomic E-state index is -0.296. The van der Waals surface area contributed by atoms with E-state index in [0.717, 1.165) is 26.6 Å². The largest absolute Gasteiger partial charge is 0.334 e. The lowest BCUT2D eigenvalue weighted by molar-refractivity contribution is 0.252. The second-order valence-electron chi connectivity index (χ2n) is 5.87. The third kappa shape index (κ3) is 3.36. The Kier molecular flexibility index (Phi) is 4.26. The first-order chi connectivity index (χ1) is 12.6. The predicted octanol–water partition coefficient (Wildman–Crippen LogP) is 4.16. The number of hydrogen-bond acceptors (Lipinski definition) is 5. The molecule has 2 N–H and O–H groups in total. The van der Waals surface area contributed by atoms with E-state index in [9.17, 15) is 4.79 Å². The summed E-state index contributed by atoms with van der Waals surface area (Å²) in [6.07, 6.45) is 0. The highest BCUT2D eigenvalue weighted by molar-refractivity contribution is 9.10. The van der Waals surface area contributed by atoms with Crippen molar-refractivity contribution < 1.29 is 9.42 Å². The molecule has 4 aromatic rings. The van der Waals surface area contributed by atoms with E-state index in [-0.39, 0.29) is 6.03 Å². The molecule has 0 atom stereocenters. The standard InChI is InChI=1S/C18H14BrN5O2/c1-10-6-16(13-8-12(19)3-5-14(13)21-10)22-18(25)20-9-11-2-4-15-17(7-11)24-26-23-15/h2-8H,9H2,1H3,(H2,20,21,22,25). The van der Waals surface area contributed by atoms with E-state index >= 15 is 0 Å². The Morgan fingerprint density at radius 3 is 2.77 bits per heavy atom. The van der Waals surface area contributed by atoms with E-state index in [1.165, 1.54) is 0 Å². The molecule has 0 saturated heterocycles. The van der Waals surface area contributed by atoms with Gasteiger partial charge in [-0.3, -0.25) is 4.98 Å². The van der Waals surface area contributed by atoms with Gasteiger partial charge in [0, 0.05) is 22.1 Å². The highest BCUT2D eigenvalue weighted by atomic mass is 79.9. The number of carbonyl (C=O) groups excluding carboxylic acids is 1. The van der Waals surface area contributed by atoms with Gasteiger partial charge >= 0.3 is 6.03 Å². The molecule has 0 saturated carbocycles. The van der Waals surface area contributed by atoms with Gasteiger partial charge in [-0.2, -0.15) is 0 Å². The van der Waals surface area contributed by atoms with Crippen LogP contribution in [0.3, 0.4) is 0 Å². The van der Waals surface area contributed by atoms with Crippen LogP contribution < -0.4 is 10.6 Å².